The van der Waals surface area contributed by atoms with Gasteiger partial charge in [0.15, 0.2) is 5.78 Å². The molecule has 0 atom stereocenters. The van der Waals surface area contributed by atoms with Gasteiger partial charge in [0.1, 0.15) is 0 Å². The molecule has 0 aliphatic carbocycles. The van der Waals surface area contributed by atoms with Crippen LogP contribution in [0.15, 0.2) is 54.6 Å². The first-order valence-electron chi connectivity index (χ1n) is 7.34. The van der Waals surface area contributed by atoms with Crippen molar-refractivity contribution in [2.24, 2.45) is 0 Å². The smallest absolute Gasteiger partial charge is 0.204 e. The molecule has 2 aromatic carbocycles. The molecule has 0 N–H and O–H groups in total. The standard InChI is InChI=1S/C17H15ClN4O/c18-15-10-8-14(9-11-15)17-19-21-22(20-17)12-4-7-16(23)13-5-2-1-3-6-13/h1-3,5-6,8-11H,4,7,12H2. The highest BCUT2D eigenvalue weighted by molar-refractivity contribution is 6.30. The molecule has 0 aliphatic rings. The van der Waals surface area contributed by atoms with Gasteiger partial charge in [-0.05, 0) is 35.9 Å². The number of benzene rings is 2. The first-order chi connectivity index (χ1) is 11.2. The van der Waals surface area contributed by atoms with Crippen molar-refractivity contribution in [1.82, 2.24) is 20.2 Å². The molecule has 3 aromatic rings. The molecule has 0 saturated carbocycles. The van der Waals surface area contributed by atoms with Gasteiger partial charge in [0.2, 0.25) is 5.82 Å². The van der Waals surface area contributed by atoms with E-state index in [1.165, 1.54) is 4.80 Å². The number of aromatic nitrogens is 4. The molecular weight excluding hydrogens is 312 g/mol. The number of nitrogens with zero attached hydrogens (tertiary/aromatic N) is 4. The van der Waals surface area contributed by atoms with Gasteiger partial charge in [-0.3, -0.25) is 4.79 Å². The lowest BCUT2D eigenvalue weighted by Gasteiger charge is -2.00. The molecule has 0 fully saturated rings. The molecule has 0 bridgehead atoms. The van der Waals surface area contributed by atoms with Crippen molar-refractivity contribution < 1.29 is 4.79 Å². The zero-order valence-electron chi connectivity index (χ0n) is 12.4. The molecule has 0 aliphatic heterocycles. The predicted molar refractivity (Wildman–Crippen MR) is 88.3 cm³/mol. The Kier molecular flexibility index (Phi) is 4.78. The van der Waals surface area contributed by atoms with Crippen molar-refractivity contribution in [3.05, 3.63) is 65.2 Å². The van der Waals surface area contributed by atoms with Crippen LogP contribution in [-0.2, 0) is 6.54 Å². The average Bonchev–Trinajstić information content (AvgIpc) is 3.05. The average molecular weight is 327 g/mol. The third kappa shape index (κ3) is 4.02. The van der Waals surface area contributed by atoms with Crippen LogP contribution < -0.4 is 0 Å². The minimum atomic E-state index is 0.128. The number of ketones is 1. The van der Waals surface area contributed by atoms with Crippen LogP contribution in [-0.4, -0.2) is 26.0 Å². The highest BCUT2D eigenvalue weighted by Crippen LogP contribution is 2.17. The van der Waals surface area contributed by atoms with E-state index in [-0.39, 0.29) is 5.78 Å². The van der Waals surface area contributed by atoms with Crippen molar-refractivity contribution in [3.8, 4) is 11.4 Å². The van der Waals surface area contributed by atoms with Gasteiger partial charge >= 0.3 is 0 Å². The van der Waals surface area contributed by atoms with Crippen LogP contribution in [0.5, 0.6) is 0 Å². The molecule has 23 heavy (non-hydrogen) atoms. The summed E-state index contributed by atoms with van der Waals surface area (Å²) >= 11 is 5.86. The zero-order valence-corrected chi connectivity index (χ0v) is 13.1. The largest absolute Gasteiger partial charge is 0.294 e. The minimum absolute atomic E-state index is 0.128. The summed E-state index contributed by atoms with van der Waals surface area (Å²) in [5.41, 5.74) is 1.60. The number of carbonyl (C=O) groups is 1. The number of hydrogen-bond acceptors (Lipinski definition) is 4. The van der Waals surface area contributed by atoms with Crippen LogP contribution in [0.1, 0.15) is 23.2 Å². The monoisotopic (exact) mass is 326 g/mol. The van der Waals surface area contributed by atoms with Crippen LogP contribution in [0.4, 0.5) is 0 Å². The Balaban J connectivity index is 1.55. The van der Waals surface area contributed by atoms with Gasteiger partial charge < -0.3 is 0 Å². The Bertz CT molecular complexity index is 784. The maximum Gasteiger partial charge on any atom is 0.204 e. The van der Waals surface area contributed by atoms with E-state index in [1.807, 2.05) is 42.5 Å². The van der Waals surface area contributed by atoms with Gasteiger partial charge in [0.05, 0.1) is 6.54 Å². The number of hydrogen-bond donors (Lipinski definition) is 0. The molecule has 6 heteroatoms. The lowest BCUT2D eigenvalue weighted by Crippen LogP contribution is -2.06. The van der Waals surface area contributed by atoms with Gasteiger partial charge in [-0.15, -0.1) is 10.2 Å². The summed E-state index contributed by atoms with van der Waals surface area (Å²) in [4.78, 5) is 13.5. The van der Waals surface area contributed by atoms with Crippen LogP contribution in [0.25, 0.3) is 11.4 Å². The van der Waals surface area contributed by atoms with Crippen molar-refractivity contribution in [3.63, 3.8) is 0 Å². The van der Waals surface area contributed by atoms with E-state index in [0.29, 0.717) is 30.2 Å². The Morgan fingerprint density at radius 2 is 1.78 bits per heavy atom. The fraction of sp³-hybridized carbons (Fsp3) is 0.176. The molecule has 0 unspecified atom stereocenters. The Morgan fingerprint density at radius 1 is 1.04 bits per heavy atom. The van der Waals surface area contributed by atoms with E-state index in [4.69, 9.17) is 11.6 Å². The molecule has 1 aromatic heterocycles. The molecule has 0 amide bonds. The van der Waals surface area contributed by atoms with Crippen LogP contribution in [0, 0.1) is 0 Å². The SMILES string of the molecule is O=C(CCCn1nnc(-c2ccc(Cl)cc2)n1)c1ccccc1. The Morgan fingerprint density at radius 3 is 2.52 bits per heavy atom. The summed E-state index contributed by atoms with van der Waals surface area (Å²) in [5.74, 6) is 0.680. The molecule has 5 nitrogen and oxygen atoms in total. The normalized spacial score (nSPS) is 10.7. The molecular formula is C17H15ClN4O. The third-order valence-electron chi connectivity index (χ3n) is 3.41. The molecule has 0 saturated heterocycles. The van der Waals surface area contributed by atoms with Crippen molar-refractivity contribution in [2.45, 2.75) is 19.4 Å². The lowest BCUT2D eigenvalue weighted by molar-refractivity contribution is 0.0977. The number of carbonyl (C=O) groups excluding carboxylic acids is 1. The maximum atomic E-state index is 12.0. The highest BCUT2D eigenvalue weighted by Gasteiger charge is 2.08. The van der Waals surface area contributed by atoms with Gasteiger partial charge in [-0.2, -0.15) is 4.80 Å². The second-order valence-electron chi connectivity index (χ2n) is 5.11. The van der Waals surface area contributed by atoms with Crippen LogP contribution >= 0.6 is 11.6 Å². The second kappa shape index (κ2) is 7.15. The summed E-state index contributed by atoms with van der Waals surface area (Å²) in [6.45, 7) is 0.555. The summed E-state index contributed by atoms with van der Waals surface area (Å²) in [6.07, 6.45) is 1.13. The fourth-order valence-electron chi connectivity index (χ4n) is 2.20. The van der Waals surface area contributed by atoms with Gasteiger partial charge in [0, 0.05) is 22.6 Å². The van der Waals surface area contributed by atoms with Crippen molar-refractivity contribution >= 4 is 17.4 Å². The second-order valence-corrected chi connectivity index (χ2v) is 5.55. The number of halogens is 1. The first-order valence-corrected chi connectivity index (χ1v) is 7.72. The minimum Gasteiger partial charge on any atom is -0.294 e. The van der Waals surface area contributed by atoms with E-state index in [1.54, 1.807) is 12.1 Å². The number of Topliss-reactive ketones (excluding diaryl/α,β-unsaturated/α-hetero) is 1. The van der Waals surface area contributed by atoms with Crippen LogP contribution in [0.2, 0.25) is 5.02 Å². The van der Waals surface area contributed by atoms with E-state index < -0.39 is 0 Å². The lowest BCUT2D eigenvalue weighted by atomic mass is 10.1. The molecule has 116 valence electrons. The first kappa shape index (κ1) is 15.4. The number of aryl methyl sites for hydroxylation is 1. The van der Waals surface area contributed by atoms with E-state index in [9.17, 15) is 4.79 Å². The number of rotatable bonds is 6. The third-order valence-corrected chi connectivity index (χ3v) is 3.66. The Hall–Kier alpha value is -2.53. The van der Waals surface area contributed by atoms with Gasteiger partial charge in [0.25, 0.3) is 0 Å². The zero-order chi connectivity index (χ0) is 16.1. The summed E-state index contributed by atoms with van der Waals surface area (Å²) < 4.78 is 0. The molecule has 0 spiro atoms. The molecule has 3 rings (SSSR count). The molecule has 1 heterocycles. The quantitative estimate of drug-likeness (QED) is 0.649. The van der Waals surface area contributed by atoms with E-state index >= 15 is 0 Å². The molecule has 0 radical (unpaired) electrons. The fourth-order valence-corrected chi connectivity index (χ4v) is 2.33. The summed E-state index contributed by atoms with van der Waals surface area (Å²) in [6, 6.07) is 16.6. The van der Waals surface area contributed by atoms with Gasteiger partial charge in [-0.25, -0.2) is 0 Å². The summed E-state index contributed by atoms with van der Waals surface area (Å²) in [5, 5.41) is 13.0. The van der Waals surface area contributed by atoms with E-state index in [2.05, 4.69) is 15.4 Å². The van der Waals surface area contributed by atoms with Crippen molar-refractivity contribution in [1.29, 1.82) is 0 Å². The Labute approximate surface area is 138 Å². The van der Waals surface area contributed by atoms with Gasteiger partial charge in [-0.1, -0.05) is 41.9 Å². The topological polar surface area (TPSA) is 60.7 Å². The predicted octanol–water partition coefficient (Wildman–Crippen LogP) is 3.66. The maximum absolute atomic E-state index is 12.0. The van der Waals surface area contributed by atoms with Crippen molar-refractivity contribution in [2.75, 3.05) is 0 Å². The number of tetrazole rings is 1. The van der Waals surface area contributed by atoms with Crippen LogP contribution in [0.3, 0.4) is 0 Å². The highest BCUT2D eigenvalue weighted by atomic mass is 35.5. The summed E-state index contributed by atoms with van der Waals surface area (Å²) in [7, 11) is 0. The van der Waals surface area contributed by atoms with E-state index in [0.717, 1.165) is 11.1 Å².